The highest BCUT2D eigenvalue weighted by Gasteiger charge is 2.37. The van der Waals surface area contributed by atoms with Crippen LogP contribution in [0.3, 0.4) is 0 Å². The van der Waals surface area contributed by atoms with Crippen LogP contribution >= 0.6 is 0 Å². The molecule has 0 bridgehead atoms. The van der Waals surface area contributed by atoms with Gasteiger partial charge in [0.25, 0.3) is 0 Å². The van der Waals surface area contributed by atoms with E-state index in [-0.39, 0.29) is 5.97 Å². The van der Waals surface area contributed by atoms with E-state index < -0.39 is 6.09 Å². The molecule has 1 unspecified atom stereocenters. The molecule has 0 radical (unpaired) electrons. The lowest BCUT2D eigenvalue weighted by Crippen LogP contribution is -2.09. The van der Waals surface area contributed by atoms with Crippen LogP contribution < -0.4 is 0 Å². The van der Waals surface area contributed by atoms with E-state index >= 15 is 0 Å². The van der Waals surface area contributed by atoms with Crippen LogP contribution in [0.15, 0.2) is 0 Å². The van der Waals surface area contributed by atoms with Gasteiger partial charge in [0, 0.05) is 13.0 Å². The molecule has 6 nitrogen and oxygen atoms in total. The van der Waals surface area contributed by atoms with Gasteiger partial charge in [-0.3, -0.25) is 4.79 Å². The third-order valence-electron chi connectivity index (χ3n) is 7.22. The number of carboxylic acid groups (broad SMARTS) is 1. The minimum Gasteiger partial charge on any atom is -0.465 e. The Hall–Kier alpha value is -1.30. The van der Waals surface area contributed by atoms with Crippen molar-refractivity contribution in [3.8, 4) is 0 Å². The van der Waals surface area contributed by atoms with E-state index in [9.17, 15) is 9.59 Å². The Morgan fingerprint density at radius 3 is 1.47 bits per heavy atom. The molecule has 0 spiro atoms. The zero-order chi connectivity index (χ0) is 26.3. The Morgan fingerprint density at radius 1 is 0.667 bits per heavy atom. The molecule has 0 aromatic carbocycles. The largest absolute Gasteiger partial charge is 0.465 e. The number of hydrogen-bond donors (Lipinski definition) is 1. The summed E-state index contributed by atoms with van der Waals surface area (Å²) in [5, 5.41) is 10.4. The molecular weight excluding hydrogens is 452 g/mol. The van der Waals surface area contributed by atoms with Crippen LogP contribution in [-0.4, -0.2) is 52.8 Å². The van der Waals surface area contributed by atoms with E-state index in [0.29, 0.717) is 12.5 Å². The van der Waals surface area contributed by atoms with Crippen LogP contribution in [0.5, 0.6) is 0 Å². The van der Waals surface area contributed by atoms with Crippen molar-refractivity contribution in [2.24, 2.45) is 0 Å². The number of carbonyl (C=O) groups excluding carboxylic acids is 1. The molecule has 2 saturated heterocycles. The van der Waals surface area contributed by atoms with Crippen molar-refractivity contribution in [1.29, 1.82) is 0 Å². The highest BCUT2D eigenvalue weighted by Crippen LogP contribution is 2.23. The fourth-order valence-corrected chi connectivity index (χ4v) is 4.61. The van der Waals surface area contributed by atoms with Gasteiger partial charge in [-0.25, -0.2) is 4.79 Å². The molecular formula is C30H58N2O4. The summed E-state index contributed by atoms with van der Waals surface area (Å²) in [6.45, 7) is 7.12. The number of rotatable bonds is 23. The fraction of sp³-hybridized carbons (Fsp3) is 0.933. The van der Waals surface area contributed by atoms with Gasteiger partial charge >= 0.3 is 12.1 Å². The fourth-order valence-electron chi connectivity index (χ4n) is 4.61. The van der Waals surface area contributed by atoms with Gasteiger partial charge in [-0.2, -0.15) is 0 Å². The smallest absolute Gasteiger partial charge is 0.407 e. The van der Waals surface area contributed by atoms with Crippen LogP contribution in [-0.2, 0) is 9.63 Å². The quantitative estimate of drug-likeness (QED) is 0.110. The van der Waals surface area contributed by atoms with Gasteiger partial charge in [-0.15, -0.1) is 5.06 Å². The molecule has 0 aromatic heterocycles. The SMILES string of the molecule is CCCCCCCCCCCCC(=O)ON1CC1.CCCCCCCCCCCCC1CN1C(=O)O. The number of hydroxylamine groups is 2. The Labute approximate surface area is 222 Å². The highest BCUT2D eigenvalue weighted by atomic mass is 16.7. The van der Waals surface area contributed by atoms with Crippen LogP contribution in [0.4, 0.5) is 4.79 Å². The summed E-state index contributed by atoms with van der Waals surface area (Å²) in [6.07, 6.45) is 27.4. The van der Waals surface area contributed by atoms with Gasteiger partial charge in [0.2, 0.25) is 0 Å². The standard InChI is InChI=1S/2C15H29NO2/c1-2-3-4-5-6-7-8-9-10-11-12-15(17)18-16-13-14-16;1-2-3-4-5-6-7-8-9-10-11-12-14-13-16(14)15(17)18/h2-14H2,1H3;14H,2-13H2,1H3,(H,17,18). The molecule has 1 amide bonds. The van der Waals surface area contributed by atoms with Gasteiger partial charge in [-0.05, 0) is 12.8 Å². The van der Waals surface area contributed by atoms with E-state index in [2.05, 4.69) is 13.8 Å². The van der Waals surface area contributed by atoms with Gasteiger partial charge in [-0.1, -0.05) is 136 Å². The second-order valence-electron chi connectivity index (χ2n) is 10.9. The molecule has 1 atom stereocenters. The first kappa shape index (κ1) is 32.7. The zero-order valence-corrected chi connectivity index (χ0v) is 23.8. The molecule has 0 aliphatic carbocycles. The van der Waals surface area contributed by atoms with E-state index in [1.165, 1.54) is 127 Å². The van der Waals surface area contributed by atoms with E-state index in [1.54, 1.807) is 5.06 Å². The molecule has 2 heterocycles. The van der Waals surface area contributed by atoms with E-state index in [1.807, 2.05) is 0 Å². The molecule has 212 valence electrons. The first-order chi connectivity index (χ1) is 17.6. The summed E-state index contributed by atoms with van der Waals surface area (Å²) in [5.74, 6) is -0.0490. The van der Waals surface area contributed by atoms with Crippen molar-refractivity contribution in [3.63, 3.8) is 0 Å². The summed E-state index contributed by atoms with van der Waals surface area (Å²) in [5.41, 5.74) is 0. The predicted octanol–water partition coefficient (Wildman–Crippen LogP) is 8.73. The van der Waals surface area contributed by atoms with Gasteiger partial charge < -0.3 is 14.8 Å². The van der Waals surface area contributed by atoms with Gasteiger partial charge in [0.05, 0.1) is 19.1 Å². The lowest BCUT2D eigenvalue weighted by atomic mass is 10.1. The summed E-state index contributed by atoms with van der Waals surface area (Å²) in [7, 11) is 0. The normalized spacial score (nSPS) is 16.4. The number of amides is 1. The van der Waals surface area contributed by atoms with E-state index in [0.717, 1.165) is 32.5 Å². The van der Waals surface area contributed by atoms with Gasteiger partial charge in [0.15, 0.2) is 0 Å². The van der Waals surface area contributed by atoms with Crippen molar-refractivity contribution in [1.82, 2.24) is 9.96 Å². The summed E-state index contributed by atoms with van der Waals surface area (Å²) < 4.78 is 0. The maximum Gasteiger partial charge on any atom is 0.407 e. The summed E-state index contributed by atoms with van der Waals surface area (Å²) >= 11 is 0. The molecule has 6 heteroatoms. The molecule has 2 aliphatic heterocycles. The Bertz CT molecular complexity index is 539. The molecule has 0 saturated carbocycles. The van der Waals surface area contributed by atoms with Crippen molar-refractivity contribution in [2.75, 3.05) is 19.6 Å². The molecule has 2 fully saturated rings. The molecule has 36 heavy (non-hydrogen) atoms. The molecule has 1 N–H and O–H groups in total. The first-order valence-electron chi connectivity index (χ1n) is 15.5. The number of carbonyl (C=O) groups is 2. The van der Waals surface area contributed by atoms with Gasteiger partial charge in [0.1, 0.15) is 0 Å². The Balaban J connectivity index is 0.000000360. The number of nitrogens with zero attached hydrogens (tertiary/aromatic N) is 2. The number of unbranched alkanes of at least 4 members (excludes halogenated alkanes) is 18. The third kappa shape index (κ3) is 20.8. The second-order valence-corrected chi connectivity index (χ2v) is 10.9. The average Bonchev–Trinajstić information content (AvgIpc) is 3.78. The Morgan fingerprint density at radius 2 is 1.08 bits per heavy atom. The number of hydrogen-bond acceptors (Lipinski definition) is 4. The second kappa shape index (κ2) is 22.9. The lowest BCUT2D eigenvalue weighted by molar-refractivity contribution is -0.166. The van der Waals surface area contributed by atoms with Crippen LogP contribution in [0.25, 0.3) is 0 Å². The predicted molar refractivity (Wildman–Crippen MR) is 149 cm³/mol. The molecule has 2 rings (SSSR count). The maximum atomic E-state index is 11.3. The van der Waals surface area contributed by atoms with Crippen molar-refractivity contribution < 1.29 is 19.5 Å². The van der Waals surface area contributed by atoms with Crippen molar-refractivity contribution >= 4 is 12.1 Å². The Kier molecular flexibility index (Phi) is 20.8. The summed E-state index contributed by atoms with van der Waals surface area (Å²) in [4.78, 5) is 28.4. The minimum atomic E-state index is -0.743. The molecule has 0 aromatic rings. The maximum absolute atomic E-state index is 11.3. The van der Waals surface area contributed by atoms with E-state index in [4.69, 9.17) is 9.94 Å². The minimum absolute atomic E-state index is 0.0490. The van der Waals surface area contributed by atoms with Crippen molar-refractivity contribution in [2.45, 2.75) is 161 Å². The highest BCUT2D eigenvalue weighted by molar-refractivity contribution is 5.69. The van der Waals surface area contributed by atoms with Crippen LogP contribution in [0.1, 0.15) is 155 Å². The topological polar surface area (TPSA) is 69.6 Å². The lowest BCUT2D eigenvalue weighted by Gasteiger charge is -2.03. The first-order valence-corrected chi connectivity index (χ1v) is 15.5. The molecule has 2 aliphatic rings. The van der Waals surface area contributed by atoms with Crippen LogP contribution in [0.2, 0.25) is 0 Å². The summed E-state index contributed by atoms with van der Waals surface area (Å²) in [6, 6.07) is 0.344. The van der Waals surface area contributed by atoms with Crippen molar-refractivity contribution in [3.05, 3.63) is 0 Å². The monoisotopic (exact) mass is 510 g/mol. The third-order valence-corrected chi connectivity index (χ3v) is 7.22. The van der Waals surface area contributed by atoms with Crippen LogP contribution in [0, 0.1) is 0 Å². The average molecular weight is 511 g/mol. The zero-order valence-electron chi connectivity index (χ0n) is 23.8.